The number of benzene rings is 1. The van der Waals surface area contributed by atoms with Crippen molar-refractivity contribution in [2.75, 3.05) is 13.1 Å². The Labute approximate surface area is 114 Å². The van der Waals surface area contributed by atoms with Crippen molar-refractivity contribution in [3.8, 4) is 0 Å². The van der Waals surface area contributed by atoms with Crippen molar-refractivity contribution in [3.63, 3.8) is 0 Å². The Hall–Kier alpha value is -1.58. The first-order valence-corrected chi connectivity index (χ1v) is 6.90. The number of nitrogens with two attached hydrogens (primary N) is 1. The lowest BCUT2D eigenvalue weighted by atomic mass is 9.99. The molecule has 1 aromatic carbocycles. The smallest absolute Gasteiger partial charge is 0.118 e. The fourth-order valence-electron chi connectivity index (χ4n) is 2.81. The van der Waals surface area contributed by atoms with Gasteiger partial charge in [0.15, 0.2) is 0 Å². The molecule has 3 rings (SSSR count). The third-order valence-corrected chi connectivity index (χ3v) is 3.84. The van der Waals surface area contributed by atoms with Gasteiger partial charge in [-0.25, -0.2) is 0 Å². The number of likely N-dealkylation sites (tertiary alicyclic amines) is 1. The molecule has 2 N–H and O–H groups in total. The number of hydrogen-bond acceptors (Lipinski definition) is 3. The van der Waals surface area contributed by atoms with E-state index in [-0.39, 0.29) is 0 Å². The Balaban J connectivity index is 1.60. The molecule has 0 aliphatic carbocycles. The predicted octanol–water partition coefficient (Wildman–Crippen LogP) is 2.73. The second-order valence-corrected chi connectivity index (χ2v) is 5.20. The maximum absolute atomic E-state index is 5.67. The summed E-state index contributed by atoms with van der Waals surface area (Å²) >= 11 is 0. The Morgan fingerprint density at radius 1 is 1.11 bits per heavy atom. The maximum Gasteiger partial charge on any atom is 0.118 e. The molecule has 3 heteroatoms. The van der Waals surface area contributed by atoms with E-state index in [1.165, 1.54) is 12.0 Å². The van der Waals surface area contributed by atoms with Gasteiger partial charge in [-0.2, -0.15) is 0 Å². The third kappa shape index (κ3) is 2.88. The Bertz CT molecular complexity index is 521. The second-order valence-electron chi connectivity index (χ2n) is 5.20. The van der Waals surface area contributed by atoms with Crippen LogP contribution in [0.1, 0.15) is 29.4 Å². The summed E-state index contributed by atoms with van der Waals surface area (Å²) in [6.45, 7) is 3.62. The lowest BCUT2D eigenvalue weighted by Gasteiger charge is -2.14. The molecule has 1 saturated heterocycles. The summed E-state index contributed by atoms with van der Waals surface area (Å²) in [5, 5.41) is 0. The average molecular weight is 256 g/mol. The quantitative estimate of drug-likeness (QED) is 0.914. The average Bonchev–Trinajstić information content (AvgIpc) is 3.09. The van der Waals surface area contributed by atoms with E-state index in [4.69, 9.17) is 10.2 Å². The van der Waals surface area contributed by atoms with Crippen molar-refractivity contribution in [3.05, 3.63) is 59.5 Å². The van der Waals surface area contributed by atoms with Crippen molar-refractivity contribution >= 4 is 0 Å². The van der Waals surface area contributed by atoms with Crippen LogP contribution in [0.15, 0.2) is 46.9 Å². The summed E-state index contributed by atoms with van der Waals surface area (Å²) in [6.07, 6.45) is 1.23. The Morgan fingerprint density at radius 2 is 1.89 bits per heavy atom. The number of nitrogens with zero attached hydrogens (tertiary/aromatic N) is 1. The Kier molecular flexibility index (Phi) is 3.67. The maximum atomic E-state index is 5.67. The first kappa shape index (κ1) is 12.5. The van der Waals surface area contributed by atoms with Gasteiger partial charge in [0.05, 0.1) is 13.1 Å². The third-order valence-electron chi connectivity index (χ3n) is 3.84. The number of furan rings is 1. The first-order chi connectivity index (χ1) is 9.35. The van der Waals surface area contributed by atoms with Gasteiger partial charge in [0.2, 0.25) is 0 Å². The molecular weight excluding hydrogens is 236 g/mol. The van der Waals surface area contributed by atoms with Crippen LogP contribution in [0.5, 0.6) is 0 Å². The minimum absolute atomic E-state index is 0.479. The highest BCUT2D eigenvalue weighted by atomic mass is 16.3. The second kappa shape index (κ2) is 5.59. The van der Waals surface area contributed by atoms with Crippen LogP contribution < -0.4 is 5.73 Å². The van der Waals surface area contributed by atoms with Gasteiger partial charge in [-0.1, -0.05) is 30.3 Å². The van der Waals surface area contributed by atoms with Gasteiger partial charge in [0, 0.05) is 6.54 Å². The largest absolute Gasteiger partial charge is 0.463 e. The summed E-state index contributed by atoms with van der Waals surface area (Å²) < 4.78 is 5.67. The van der Waals surface area contributed by atoms with E-state index in [0.29, 0.717) is 12.5 Å². The van der Waals surface area contributed by atoms with Gasteiger partial charge in [-0.15, -0.1) is 0 Å². The van der Waals surface area contributed by atoms with Crippen LogP contribution in [0.4, 0.5) is 0 Å². The van der Waals surface area contributed by atoms with Crippen molar-refractivity contribution in [2.45, 2.75) is 25.4 Å². The molecule has 100 valence electrons. The molecule has 1 unspecified atom stereocenters. The molecule has 2 aromatic rings. The van der Waals surface area contributed by atoms with Gasteiger partial charge < -0.3 is 10.2 Å². The van der Waals surface area contributed by atoms with Crippen LogP contribution in [-0.2, 0) is 13.1 Å². The molecule has 3 nitrogen and oxygen atoms in total. The number of rotatable bonds is 4. The molecular formula is C16H20N2O. The van der Waals surface area contributed by atoms with E-state index in [2.05, 4.69) is 35.2 Å². The molecule has 1 aromatic heterocycles. The van der Waals surface area contributed by atoms with Gasteiger partial charge in [0.1, 0.15) is 11.5 Å². The van der Waals surface area contributed by atoms with Crippen LogP contribution in [0.3, 0.4) is 0 Å². The summed E-state index contributed by atoms with van der Waals surface area (Å²) in [5.41, 5.74) is 7.01. The van der Waals surface area contributed by atoms with Crippen molar-refractivity contribution in [1.82, 2.24) is 4.90 Å². The fraction of sp³-hybridized carbons (Fsp3) is 0.375. The standard InChI is InChI=1S/C16H20N2O/c17-10-15-6-7-16(19-15)12-18-9-8-14(11-18)13-4-2-1-3-5-13/h1-7,14H,8-12,17H2. The van der Waals surface area contributed by atoms with E-state index < -0.39 is 0 Å². The first-order valence-electron chi connectivity index (χ1n) is 6.90. The van der Waals surface area contributed by atoms with Crippen LogP contribution in [0.25, 0.3) is 0 Å². The van der Waals surface area contributed by atoms with Gasteiger partial charge in [-0.05, 0) is 36.6 Å². The predicted molar refractivity (Wildman–Crippen MR) is 75.7 cm³/mol. The summed E-state index contributed by atoms with van der Waals surface area (Å²) in [5.74, 6) is 2.55. The monoisotopic (exact) mass is 256 g/mol. The van der Waals surface area contributed by atoms with Crippen LogP contribution in [-0.4, -0.2) is 18.0 Å². The highest BCUT2D eigenvalue weighted by molar-refractivity contribution is 5.21. The summed E-state index contributed by atoms with van der Waals surface area (Å²) in [7, 11) is 0. The van der Waals surface area contributed by atoms with Crippen LogP contribution in [0, 0.1) is 0 Å². The molecule has 0 spiro atoms. The van der Waals surface area contributed by atoms with Gasteiger partial charge in [-0.3, -0.25) is 4.90 Å². The molecule has 1 fully saturated rings. The highest BCUT2D eigenvalue weighted by Gasteiger charge is 2.24. The molecule has 0 amide bonds. The van der Waals surface area contributed by atoms with E-state index in [1.54, 1.807) is 0 Å². The molecule has 0 bridgehead atoms. The molecule has 1 atom stereocenters. The SMILES string of the molecule is NCc1ccc(CN2CCC(c3ccccc3)C2)o1. The molecule has 0 saturated carbocycles. The normalized spacial score (nSPS) is 19.9. The van der Waals surface area contributed by atoms with E-state index in [1.807, 2.05) is 12.1 Å². The van der Waals surface area contributed by atoms with Crippen LogP contribution in [0.2, 0.25) is 0 Å². The molecule has 1 aliphatic heterocycles. The summed E-state index contributed by atoms with van der Waals surface area (Å²) in [4.78, 5) is 2.46. The fourth-order valence-corrected chi connectivity index (χ4v) is 2.81. The van der Waals surface area contributed by atoms with Gasteiger partial charge >= 0.3 is 0 Å². The topological polar surface area (TPSA) is 42.4 Å². The molecule has 0 radical (unpaired) electrons. The minimum atomic E-state index is 0.479. The zero-order valence-corrected chi connectivity index (χ0v) is 11.1. The molecule has 19 heavy (non-hydrogen) atoms. The van der Waals surface area contributed by atoms with Crippen molar-refractivity contribution < 1.29 is 4.42 Å². The molecule has 1 aliphatic rings. The Morgan fingerprint density at radius 3 is 2.63 bits per heavy atom. The number of hydrogen-bond donors (Lipinski definition) is 1. The minimum Gasteiger partial charge on any atom is -0.463 e. The van der Waals surface area contributed by atoms with E-state index in [9.17, 15) is 0 Å². The molecule has 2 heterocycles. The summed E-state index contributed by atoms with van der Waals surface area (Å²) in [6, 6.07) is 14.8. The van der Waals surface area contributed by atoms with E-state index >= 15 is 0 Å². The zero-order chi connectivity index (χ0) is 13.1. The van der Waals surface area contributed by atoms with E-state index in [0.717, 1.165) is 31.2 Å². The lowest BCUT2D eigenvalue weighted by molar-refractivity contribution is 0.290. The lowest BCUT2D eigenvalue weighted by Crippen LogP contribution is -2.19. The highest BCUT2D eigenvalue weighted by Crippen LogP contribution is 2.28. The van der Waals surface area contributed by atoms with Crippen molar-refractivity contribution in [1.29, 1.82) is 0 Å². The van der Waals surface area contributed by atoms with Crippen molar-refractivity contribution in [2.24, 2.45) is 5.73 Å². The zero-order valence-electron chi connectivity index (χ0n) is 11.1. The van der Waals surface area contributed by atoms with Crippen LogP contribution >= 0.6 is 0 Å². The van der Waals surface area contributed by atoms with Gasteiger partial charge in [0.25, 0.3) is 0 Å².